The molecule has 3 rings (SSSR count). The van der Waals surface area contributed by atoms with Crippen LogP contribution in [0.15, 0.2) is 41.3 Å². The monoisotopic (exact) mass is 284 g/mol. The largest absolute Gasteiger partial charge is 0.508 e. The molecule has 0 spiro atoms. The summed E-state index contributed by atoms with van der Waals surface area (Å²) in [6.45, 7) is 2.65. The van der Waals surface area contributed by atoms with Gasteiger partial charge in [-0.15, -0.1) is 0 Å². The molecule has 3 aromatic rings. The number of aromatic amines is 1. The first-order chi connectivity index (χ1) is 10.1. The van der Waals surface area contributed by atoms with Crippen LogP contribution in [-0.4, -0.2) is 26.2 Å². The Morgan fingerprint density at radius 1 is 1.33 bits per heavy atom. The van der Waals surface area contributed by atoms with Gasteiger partial charge < -0.3 is 10.4 Å². The summed E-state index contributed by atoms with van der Waals surface area (Å²) >= 11 is 0. The minimum atomic E-state index is -0.240. The summed E-state index contributed by atoms with van der Waals surface area (Å²) in [7, 11) is 0. The van der Waals surface area contributed by atoms with Crippen LogP contribution in [0.1, 0.15) is 11.1 Å². The van der Waals surface area contributed by atoms with E-state index in [0.717, 1.165) is 23.2 Å². The van der Waals surface area contributed by atoms with Crippen LogP contribution in [0.25, 0.3) is 5.65 Å². The lowest BCUT2D eigenvalue weighted by molar-refractivity contribution is 0.475. The van der Waals surface area contributed by atoms with Crippen LogP contribution in [0.3, 0.4) is 0 Å². The summed E-state index contributed by atoms with van der Waals surface area (Å²) < 4.78 is 1.50. The number of pyridine rings is 1. The summed E-state index contributed by atoms with van der Waals surface area (Å²) in [4.78, 5) is 11.6. The number of nitrogens with zero attached hydrogens (tertiary/aromatic N) is 2. The quantitative estimate of drug-likeness (QED) is 0.681. The number of aryl methyl sites for hydroxylation is 1. The number of aromatic nitrogens is 3. The number of phenols is 1. The van der Waals surface area contributed by atoms with Crippen molar-refractivity contribution < 1.29 is 5.11 Å². The van der Waals surface area contributed by atoms with Crippen molar-refractivity contribution in [2.75, 3.05) is 11.9 Å². The van der Waals surface area contributed by atoms with Crippen molar-refractivity contribution in [2.24, 2.45) is 0 Å². The number of hydrogen-bond donors (Lipinski definition) is 3. The van der Waals surface area contributed by atoms with Crippen molar-refractivity contribution in [1.29, 1.82) is 0 Å². The Kier molecular flexibility index (Phi) is 3.35. The normalized spacial score (nSPS) is 10.9. The molecular formula is C15H16N4O2. The van der Waals surface area contributed by atoms with Crippen molar-refractivity contribution in [3.8, 4) is 5.75 Å². The van der Waals surface area contributed by atoms with E-state index >= 15 is 0 Å². The van der Waals surface area contributed by atoms with Crippen LogP contribution in [0, 0.1) is 6.92 Å². The Labute approximate surface area is 121 Å². The van der Waals surface area contributed by atoms with Crippen molar-refractivity contribution in [1.82, 2.24) is 14.6 Å². The molecule has 1 aromatic carbocycles. The van der Waals surface area contributed by atoms with E-state index in [1.807, 2.05) is 25.1 Å². The van der Waals surface area contributed by atoms with Crippen molar-refractivity contribution in [2.45, 2.75) is 13.3 Å². The van der Waals surface area contributed by atoms with Gasteiger partial charge in [-0.1, -0.05) is 12.1 Å². The van der Waals surface area contributed by atoms with E-state index in [0.29, 0.717) is 12.2 Å². The number of rotatable bonds is 4. The molecule has 0 atom stereocenters. The van der Waals surface area contributed by atoms with Gasteiger partial charge in [0, 0.05) is 12.7 Å². The lowest BCUT2D eigenvalue weighted by Crippen LogP contribution is -2.11. The molecule has 0 saturated carbocycles. The zero-order chi connectivity index (χ0) is 14.8. The van der Waals surface area contributed by atoms with E-state index in [1.165, 1.54) is 4.40 Å². The predicted octanol–water partition coefficient (Wildman–Crippen LogP) is 1.69. The summed E-state index contributed by atoms with van der Waals surface area (Å²) in [5.41, 5.74) is 3.29. The van der Waals surface area contributed by atoms with Crippen molar-refractivity contribution in [3.05, 3.63) is 58.1 Å². The van der Waals surface area contributed by atoms with Crippen LogP contribution in [0.2, 0.25) is 0 Å². The molecule has 0 amide bonds. The lowest BCUT2D eigenvalue weighted by atomic mass is 10.1. The molecule has 108 valence electrons. The molecule has 0 unspecified atom stereocenters. The van der Waals surface area contributed by atoms with Gasteiger partial charge in [0.2, 0.25) is 0 Å². The highest BCUT2D eigenvalue weighted by molar-refractivity contribution is 5.67. The molecule has 3 N–H and O–H groups in total. The van der Waals surface area contributed by atoms with E-state index in [-0.39, 0.29) is 11.4 Å². The van der Waals surface area contributed by atoms with Crippen molar-refractivity contribution >= 4 is 11.3 Å². The third-order valence-corrected chi connectivity index (χ3v) is 3.32. The molecule has 21 heavy (non-hydrogen) atoms. The van der Waals surface area contributed by atoms with Gasteiger partial charge in [0.15, 0.2) is 5.65 Å². The second-order valence-corrected chi connectivity index (χ2v) is 5.00. The SMILES string of the molecule is Cc1cc(NCCc2ccc(O)cc2)c2n[nH]c(=O)n2c1. The van der Waals surface area contributed by atoms with Crippen molar-refractivity contribution in [3.63, 3.8) is 0 Å². The predicted molar refractivity (Wildman–Crippen MR) is 80.9 cm³/mol. The Morgan fingerprint density at radius 3 is 2.86 bits per heavy atom. The van der Waals surface area contributed by atoms with Gasteiger partial charge in [0.1, 0.15) is 5.75 Å². The molecule has 2 aromatic heterocycles. The third-order valence-electron chi connectivity index (χ3n) is 3.32. The molecule has 0 radical (unpaired) electrons. The lowest BCUT2D eigenvalue weighted by Gasteiger charge is -2.08. The van der Waals surface area contributed by atoms with Gasteiger partial charge in [-0.3, -0.25) is 0 Å². The van der Waals surface area contributed by atoms with Crippen LogP contribution < -0.4 is 11.0 Å². The molecule has 0 aliphatic carbocycles. The van der Waals surface area contributed by atoms with E-state index < -0.39 is 0 Å². The fraction of sp³-hybridized carbons (Fsp3) is 0.200. The second-order valence-electron chi connectivity index (χ2n) is 5.00. The minimum absolute atomic E-state index is 0.240. The van der Waals surface area contributed by atoms with Crippen LogP contribution >= 0.6 is 0 Å². The fourth-order valence-corrected chi connectivity index (χ4v) is 2.28. The number of phenolic OH excluding ortho intramolecular Hbond substituents is 1. The van der Waals surface area contributed by atoms with Crippen LogP contribution in [-0.2, 0) is 6.42 Å². The van der Waals surface area contributed by atoms with E-state index in [2.05, 4.69) is 15.5 Å². The average Bonchev–Trinajstić information content (AvgIpc) is 2.83. The number of nitrogens with one attached hydrogen (secondary N) is 2. The van der Waals surface area contributed by atoms with Gasteiger partial charge in [0.25, 0.3) is 0 Å². The van der Waals surface area contributed by atoms with Gasteiger partial charge >= 0.3 is 5.69 Å². The highest BCUT2D eigenvalue weighted by atomic mass is 16.3. The number of H-pyrrole nitrogens is 1. The fourth-order valence-electron chi connectivity index (χ4n) is 2.28. The summed E-state index contributed by atoms with van der Waals surface area (Å²) in [6, 6.07) is 9.09. The molecular weight excluding hydrogens is 268 g/mol. The molecule has 2 heterocycles. The Bertz CT molecular complexity index is 818. The first kappa shape index (κ1) is 13.2. The zero-order valence-corrected chi connectivity index (χ0v) is 11.6. The first-order valence-electron chi connectivity index (χ1n) is 6.72. The maximum Gasteiger partial charge on any atom is 0.347 e. The molecule has 0 saturated heterocycles. The highest BCUT2D eigenvalue weighted by Gasteiger charge is 2.06. The molecule has 6 nitrogen and oxygen atoms in total. The Hall–Kier alpha value is -2.76. The molecule has 0 aliphatic heterocycles. The van der Waals surface area contributed by atoms with Crippen LogP contribution in [0.4, 0.5) is 5.69 Å². The number of anilines is 1. The Morgan fingerprint density at radius 2 is 2.10 bits per heavy atom. The highest BCUT2D eigenvalue weighted by Crippen LogP contribution is 2.16. The van der Waals surface area contributed by atoms with E-state index in [1.54, 1.807) is 18.3 Å². The maximum atomic E-state index is 11.6. The number of benzene rings is 1. The van der Waals surface area contributed by atoms with E-state index in [9.17, 15) is 9.90 Å². The maximum absolute atomic E-state index is 11.6. The Balaban J connectivity index is 1.76. The van der Waals surface area contributed by atoms with Gasteiger partial charge in [-0.25, -0.2) is 14.3 Å². The molecule has 0 fully saturated rings. The van der Waals surface area contributed by atoms with Gasteiger partial charge in [-0.05, 0) is 42.7 Å². The summed E-state index contributed by atoms with van der Waals surface area (Å²) in [5.74, 6) is 0.267. The number of fused-ring (bicyclic) bond motifs is 1. The zero-order valence-electron chi connectivity index (χ0n) is 11.6. The minimum Gasteiger partial charge on any atom is -0.508 e. The number of aromatic hydroxyl groups is 1. The number of hydrogen-bond acceptors (Lipinski definition) is 4. The topological polar surface area (TPSA) is 82.4 Å². The molecule has 0 aliphatic rings. The second kappa shape index (κ2) is 5.32. The summed E-state index contributed by atoms with van der Waals surface area (Å²) in [5, 5.41) is 19.0. The van der Waals surface area contributed by atoms with Crippen LogP contribution in [0.5, 0.6) is 5.75 Å². The standard InChI is InChI=1S/C15H16N4O2/c1-10-8-13(14-17-18-15(21)19(14)9-10)16-7-6-11-2-4-12(20)5-3-11/h2-5,8-9,16,20H,6-7H2,1H3,(H,18,21). The molecule has 6 heteroatoms. The summed E-state index contributed by atoms with van der Waals surface area (Å²) in [6.07, 6.45) is 2.57. The van der Waals surface area contributed by atoms with E-state index in [4.69, 9.17) is 0 Å². The van der Waals surface area contributed by atoms with Gasteiger partial charge in [-0.2, -0.15) is 5.10 Å². The smallest absolute Gasteiger partial charge is 0.347 e. The first-order valence-corrected chi connectivity index (χ1v) is 6.72. The third kappa shape index (κ3) is 2.74. The molecule has 0 bridgehead atoms. The average molecular weight is 284 g/mol. The van der Waals surface area contributed by atoms with Gasteiger partial charge in [0.05, 0.1) is 5.69 Å².